The monoisotopic (exact) mass is 425 g/mol. The molecule has 0 heterocycles. The maximum absolute atomic E-state index is 12.7. The highest BCUT2D eigenvalue weighted by molar-refractivity contribution is 5.98. The minimum atomic E-state index is -0.864. The summed E-state index contributed by atoms with van der Waals surface area (Å²) in [5.74, 6) is -1.34. The highest BCUT2D eigenvalue weighted by atomic mass is 16.2. The van der Waals surface area contributed by atoms with Gasteiger partial charge in [0.1, 0.15) is 18.4 Å². The Balaban J connectivity index is 0.00000151. The lowest BCUT2D eigenvalue weighted by molar-refractivity contribution is -0.129. The first-order chi connectivity index (χ1) is 14.9. The van der Waals surface area contributed by atoms with E-state index < -0.39 is 23.9 Å². The Hall–Kier alpha value is -3.48. The summed E-state index contributed by atoms with van der Waals surface area (Å²) < 4.78 is 0. The van der Waals surface area contributed by atoms with Gasteiger partial charge < -0.3 is 20.7 Å². The molecule has 0 aliphatic carbocycles. The van der Waals surface area contributed by atoms with Crippen LogP contribution in [0.15, 0.2) is 60.7 Å². The van der Waals surface area contributed by atoms with Gasteiger partial charge in [0, 0.05) is 12.0 Å². The molecule has 0 aromatic heterocycles. The summed E-state index contributed by atoms with van der Waals surface area (Å²) in [5.41, 5.74) is 1.30. The number of benzene rings is 2. The molecule has 0 saturated heterocycles. The lowest BCUT2D eigenvalue weighted by Crippen LogP contribution is -2.53. The number of aldehydes is 1. The molecular formula is C24H31N3O4. The van der Waals surface area contributed by atoms with Crippen LogP contribution in [0.5, 0.6) is 0 Å². The summed E-state index contributed by atoms with van der Waals surface area (Å²) in [7, 11) is 0. The Morgan fingerprint density at radius 2 is 1.42 bits per heavy atom. The van der Waals surface area contributed by atoms with Gasteiger partial charge in [-0.15, -0.1) is 0 Å². The molecule has 166 valence electrons. The Labute approximate surface area is 183 Å². The van der Waals surface area contributed by atoms with Gasteiger partial charge in [0.2, 0.25) is 11.8 Å². The lowest BCUT2D eigenvalue weighted by atomic mass is 10.0. The normalized spacial score (nSPS) is 11.7. The van der Waals surface area contributed by atoms with Crippen LogP contribution in [0.4, 0.5) is 0 Å². The van der Waals surface area contributed by atoms with Crippen molar-refractivity contribution >= 4 is 24.0 Å². The molecule has 0 saturated carbocycles. The molecule has 0 bridgehead atoms. The second-order valence-corrected chi connectivity index (χ2v) is 6.93. The number of amides is 3. The molecule has 2 atom stereocenters. The molecule has 3 N–H and O–H groups in total. The molecule has 0 radical (unpaired) electrons. The van der Waals surface area contributed by atoms with E-state index in [1.807, 2.05) is 30.3 Å². The molecule has 7 heteroatoms. The SMILES string of the molecule is CC(NC(=O)[C@@H](Cc1ccccc1)NC(=O)c1ccccc1)C(=O)NCC=O.CCC. The topological polar surface area (TPSA) is 104 Å². The van der Waals surface area contributed by atoms with Crippen molar-refractivity contribution in [2.45, 2.75) is 45.7 Å². The van der Waals surface area contributed by atoms with Gasteiger partial charge >= 0.3 is 0 Å². The predicted octanol–water partition coefficient (Wildman–Crippen LogP) is 2.26. The molecule has 1 unspecified atom stereocenters. The van der Waals surface area contributed by atoms with Gasteiger partial charge in [-0.3, -0.25) is 14.4 Å². The van der Waals surface area contributed by atoms with Crippen LogP contribution >= 0.6 is 0 Å². The summed E-state index contributed by atoms with van der Waals surface area (Å²) in [6.45, 7) is 5.63. The molecule has 0 fully saturated rings. The first kappa shape index (κ1) is 25.6. The first-order valence-electron chi connectivity index (χ1n) is 10.3. The zero-order valence-corrected chi connectivity index (χ0v) is 18.3. The van der Waals surface area contributed by atoms with Crippen molar-refractivity contribution < 1.29 is 19.2 Å². The largest absolute Gasteiger partial charge is 0.348 e. The quantitative estimate of drug-likeness (QED) is 0.536. The van der Waals surface area contributed by atoms with Crippen LogP contribution in [0, 0.1) is 0 Å². The van der Waals surface area contributed by atoms with Gasteiger partial charge in [0.25, 0.3) is 5.91 Å². The third-order valence-electron chi connectivity index (χ3n) is 4.05. The molecule has 31 heavy (non-hydrogen) atoms. The summed E-state index contributed by atoms with van der Waals surface area (Å²) in [6, 6.07) is 16.1. The van der Waals surface area contributed by atoms with Crippen LogP contribution in [-0.2, 0) is 20.8 Å². The van der Waals surface area contributed by atoms with E-state index >= 15 is 0 Å². The van der Waals surface area contributed by atoms with Crippen molar-refractivity contribution in [2.75, 3.05) is 6.54 Å². The third kappa shape index (κ3) is 9.71. The van der Waals surface area contributed by atoms with Crippen LogP contribution in [0.3, 0.4) is 0 Å². The molecule has 0 spiro atoms. The zero-order valence-electron chi connectivity index (χ0n) is 18.3. The Bertz CT molecular complexity index is 825. The maximum Gasteiger partial charge on any atom is 0.251 e. The molecule has 0 aliphatic rings. The van der Waals surface area contributed by atoms with Gasteiger partial charge in [-0.25, -0.2) is 0 Å². The molecule has 2 aromatic carbocycles. The molecule has 3 amide bonds. The number of carbonyl (C=O) groups excluding carboxylic acids is 4. The van der Waals surface area contributed by atoms with Crippen molar-refractivity contribution in [3.05, 3.63) is 71.8 Å². The van der Waals surface area contributed by atoms with Crippen molar-refractivity contribution in [1.82, 2.24) is 16.0 Å². The average molecular weight is 426 g/mol. The van der Waals surface area contributed by atoms with Crippen LogP contribution < -0.4 is 16.0 Å². The van der Waals surface area contributed by atoms with Crippen molar-refractivity contribution in [2.24, 2.45) is 0 Å². The van der Waals surface area contributed by atoms with Crippen LogP contribution in [0.2, 0.25) is 0 Å². The van der Waals surface area contributed by atoms with E-state index in [4.69, 9.17) is 0 Å². The van der Waals surface area contributed by atoms with E-state index in [0.29, 0.717) is 11.8 Å². The van der Waals surface area contributed by atoms with E-state index in [0.717, 1.165) is 5.56 Å². The molecule has 0 aliphatic heterocycles. The highest BCUT2D eigenvalue weighted by Crippen LogP contribution is 2.06. The van der Waals surface area contributed by atoms with Crippen molar-refractivity contribution in [3.8, 4) is 0 Å². The smallest absolute Gasteiger partial charge is 0.251 e. The van der Waals surface area contributed by atoms with Gasteiger partial charge in [-0.05, 0) is 24.6 Å². The van der Waals surface area contributed by atoms with Gasteiger partial charge in [0.05, 0.1) is 6.54 Å². The molecule has 2 rings (SSSR count). The van der Waals surface area contributed by atoms with E-state index in [-0.39, 0.29) is 18.9 Å². The number of rotatable bonds is 9. The number of hydrogen-bond donors (Lipinski definition) is 3. The first-order valence-corrected chi connectivity index (χ1v) is 10.3. The second-order valence-electron chi connectivity index (χ2n) is 6.93. The van der Waals surface area contributed by atoms with E-state index in [9.17, 15) is 19.2 Å². The Morgan fingerprint density at radius 3 is 1.97 bits per heavy atom. The molecule has 2 aromatic rings. The average Bonchev–Trinajstić information content (AvgIpc) is 2.78. The van der Waals surface area contributed by atoms with Gasteiger partial charge in [-0.1, -0.05) is 68.8 Å². The highest BCUT2D eigenvalue weighted by Gasteiger charge is 2.25. The van der Waals surface area contributed by atoms with E-state index in [1.165, 1.54) is 13.3 Å². The Kier molecular flexibility index (Phi) is 11.9. The number of carbonyl (C=O) groups is 4. The standard InChI is InChI=1S/C21H23N3O4.C3H8/c1-15(19(26)22-12-13-25)23-21(28)18(14-16-8-4-2-5-9-16)24-20(27)17-10-6-3-7-11-17;1-3-2/h2-11,13,15,18H,12,14H2,1H3,(H,22,26)(H,23,28)(H,24,27);3H2,1-2H3/t15?,18-;/m1./s1. The predicted molar refractivity (Wildman–Crippen MR) is 120 cm³/mol. The minimum Gasteiger partial charge on any atom is -0.348 e. The lowest BCUT2D eigenvalue weighted by Gasteiger charge is -2.21. The maximum atomic E-state index is 12.7. The van der Waals surface area contributed by atoms with Crippen LogP contribution in [-0.4, -0.2) is 42.6 Å². The van der Waals surface area contributed by atoms with Gasteiger partial charge in [-0.2, -0.15) is 0 Å². The van der Waals surface area contributed by atoms with Crippen molar-refractivity contribution in [3.63, 3.8) is 0 Å². The fourth-order valence-electron chi connectivity index (χ4n) is 2.57. The molecular weight excluding hydrogens is 394 g/mol. The summed E-state index contributed by atoms with van der Waals surface area (Å²) in [4.78, 5) is 47.5. The van der Waals surface area contributed by atoms with Gasteiger partial charge in [0.15, 0.2) is 0 Å². The summed E-state index contributed by atoms with van der Waals surface area (Å²) in [5, 5.41) is 7.70. The number of hydrogen-bond acceptors (Lipinski definition) is 4. The van der Waals surface area contributed by atoms with E-state index in [1.54, 1.807) is 30.3 Å². The zero-order chi connectivity index (χ0) is 23.1. The Morgan fingerprint density at radius 1 is 0.871 bits per heavy atom. The minimum absolute atomic E-state index is 0.128. The van der Waals surface area contributed by atoms with Crippen LogP contribution in [0.1, 0.15) is 43.1 Å². The fourth-order valence-corrected chi connectivity index (χ4v) is 2.57. The summed E-state index contributed by atoms with van der Waals surface area (Å²) >= 11 is 0. The fraction of sp³-hybridized carbons (Fsp3) is 0.333. The van der Waals surface area contributed by atoms with Crippen LogP contribution in [0.25, 0.3) is 0 Å². The van der Waals surface area contributed by atoms with E-state index in [2.05, 4.69) is 29.8 Å². The number of nitrogens with one attached hydrogen (secondary N) is 3. The summed E-state index contributed by atoms with van der Waals surface area (Å²) in [6.07, 6.45) is 2.08. The van der Waals surface area contributed by atoms with Crippen molar-refractivity contribution in [1.29, 1.82) is 0 Å². The second kappa shape index (κ2) is 14.5. The third-order valence-corrected chi connectivity index (χ3v) is 4.05. The molecule has 7 nitrogen and oxygen atoms in total.